The molecular weight excluding hydrogens is 242 g/mol. The molecule has 0 saturated carbocycles. The number of amides is 2. The fraction of sp³-hybridized carbons (Fsp3) is 0.625. The molecule has 0 aromatic rings. The maximum atomic E-state index is 12.0. The van der Waals surface area contributed by atoms with E-state index in [0.29, 0.717) is 9.80 Å². The normalized spacial score (nSPS) is 10.1. The third-order valence-electron chi connectivity index (χ3n) is 1.66. The van der Waals surface area contributed by atoms with Gasteiger partial charge < -0.3 is 20.0 Å². The molecule has 0 bridgehead atoms. The van der Waals surface area contributed by atoms with E-state index in [4.69, 9.17) is 10.2 Å². The van der Waals surface area contributed by atoms with Gasteiger partial charge in [0.2, 0.25) is 0 Å². The van der Waals surface area contributed by atoms with Crippen molar-refractivity contribution in [1.29, 1.82) is 0 Å². The van der Waals surface area contributed by atoms with E-state index in [1.807, 2.05) is 0 Å². The van der Waals surface area contributed by atoms with Gasteiger partial charge in [-0.15, -0.1) is 0 Å². The fourth-order valence-corrected chi connectivity index (χ4v) is 1.04. The molecule has 0 aromatic heterocycles. The Morgan fingerprint density at radius 2 is 1.53 bits per heavy atom. The first-order chi connectivity index (χ1) is 7.73. The molecule has 0 fully saturated rings. The Morgan fingerprint density at radius 1 is 1.12 bits per heavy atom. The zero-order valence-electron chi connectivity index (χ0n) is 8.97. The third kappa shape index (κ3) is 6.28. The molecule has 0 radical (unpaired) electrons. The molecular formula is C8H12F2N2O5. The maximum Gasteiger partial charge on any atom is 0.323 e. The Labute approximate surface area is 95.2 Å². The lowest BCUT2D eigenvalue weighted by atomic mass is 10.4. The van der Waals surface area contributed by atoms with Crippen molar-refractivity contribution in [2.75, 3.05) is 26.7 Å². The number of nitrogens with zero attached hydrogens (tertiary/aromatic N) is 2. The van der Waals surface area contributed by atoms with Crippen molar-refractivity contribution >= 4 is 18.0 Å². The van der Waals surface area contributed by atoms with Gasteiger partial charge in [0, 0.05) is 7.05 Å². The lowest BCUT2D eigenvalue weighted by Crippen LogP contribution is -2.47. The number of halogens is 2. The van der Waals surface area contributed by atoms with Crippen LogP contribution in [0.15, 0.2) is 0 Å². The van der Waals surface area contributed by atoms with Crippen molar-refractivity contribution in [3.05, 3.63) is 0 Å². The van der Waals surface area contributed by atoms with Crippen LogP contribution in [0, 0.1) is 0 Å². The standard InChI is InChI=1S/C8H12F2N2O5/c1-11(2-5(9)10)8(17)12(3-6(13)14)4-7(15)16/h5H,2-4H2,1H3,(H,13,14)(H,15,16). The summed E-state index contributed by atoms with van der Waals surface area (Å²) in [6.45, 7) is -2.62. The summed E-state index contributed by atoms with van der Waals surface area (Å²) in [5.74, 6) is -2.85. The second-order valence-corrected chi connectivity index (χ2v) is 3.20. The molecule has 0 aliphatic heterocycles. The van der Waals surface area contributed by atoms with Gasteiger partial charge in [-0.2, -0.15) is 0 Å². The quantitative estimate of drug-likeness (QED) is 0.682. The maximum absolute atomic E-state index is 12.0. The largest absolute Gasteiger partial charge is 0.480 e. The zero-order chi connectivity index (χ0) is 13.6. The molecule has 0 spiro atoms. The first-order valence-electron chi connectivity index (χ1n) is 4.45. The molecule has 0 aliphatic rings. The fourth-order valence-electron chi connectivity index (χ4n) is 1.04. The van der Waals surface area contributed by atoms with Crippen LogP contribution in [0.3, 0.4) is 0 Å². The van der Waals surface area contributed by atoms with Gasteiger partial charge >= 0.3 is 18.0 Å². The van der Waals surface area contributed by atoms with E-state index in [9.17, 15) is 23.2 Å². The molecule has 9 heteroatoms. The topological polar surface area (TPSA) is 98.2 Å². The third-order valence-corrected chi connectivity index (χ3v) is 1.66. The van der Waals surface area contributed by atoms with Crippen molar-refractivity contribution in [2.45, 2.75) is 6.43 Å². The van der Waals surface area contributed by atoms with Gasteiger partial charge in [0.1, 0.15) is 13.1 Å². The van der Waals surface area contributed by atoms with Crippen LogP contribution in [-0.4, -0.2) is 71.1 Å². The van der Waals surface area contributed by atoms with E-state index in [1.54, 1.807) is 0 Å². The van der Waals surface area contributed by atoms with E-state index in [-0.39, 0.29) is 0 Å². The lowest BCUT2D eigenvalue weighted by Gasteiger charge is -2.25. The summed E-state index contributed by atoms with van der Waals surface area (Å²) in [5.41, 5.74) is 0. The molecule has 0 saturated heterocycles. The highest BCUT2D eigenvalue weighted by Gasteiger charge is 2.24. The highest BCUT2D eigenvalue weighted by molar-refractivity contribution is 5.84. The van der Waals surface area contributed by atoms with Crippen LogP contribution in [0.2, 0.25) is 0 Å². The van der Waals surface area contributed by atoms with Gasteiger partial charge in [-0.05, 0) is 0 Å². The van der Waals surface area contributed by atoms with Crippen LogP contribution in [0.1, 0.15) is 0 Å². The summed E-state index contributed by atoms with van der Waals surface area (Å²) in [6, 6.07) is -1.07. The number of urea groups is 1. The van der Waals surface area contributed by atoms with Crippen molar-refractivity contribution in [1.82, 2.24) is 9.80 Å². The van der Waals surface area contributed by atoms with Gasteiger partial charge in [0.25, 0.3) is 6.43 Å². The van der Waals surface area contributed by atoms with Crippen LogP contribution < -0.4 is 0 Å². The molecule has 0 rings (SSSR count). The first kappa shape index (κ1) is 15.1. The molecule has 2 N–H and O–H groups in total. The van der Waals surface area contributed by atoms with Crippen LogP contribution in [0.5, 0.6) is 0 Å². The average molecular weight is 254 g/mol. The summed E-state index contributed by atoms with van der Waals surface area (Å²) in [5, 5.41) is 16.9. The van der Waals surface area contributed by atoms with Gasteiger partial charge in [-0.25, -0.2) is 13.6 Å². The van der Waals surface area contributed by atoms with Crippen molar-refractivity contribution in [2.24, 2.45) is 0 Å². The predicted molar refractivity (Wildman–Crippen MR) is 50.9 cm³/mol. The summed E-state index contributed by atoms with van der Waals surface area (Å²) in [7, 11) is 1.03. The number of carboxylic acids is 2. The van der Waals surface area contributed by atoms with Gasteiger partial charge in [0.15, 0.2) is 0 Å². The highest BCUT2D eigenvalue weighted by atomic mass is 19.3. The molecule has 0 aliphatic carbocycles. The molecule has 98 valence electrons. The van der Waals surface area contributed by atoms with Crippen LogP contribution in [0.25, 0.3) is 0 Å². The molecule has 0 aromatic carbocycles. The van der Waals surface area contributed by atoms with Gasteiger partial charge in [0.05, 0.1) is 6.54 Å². The number of aliphatic carboxylic acids is 2. The Balaban J connectivity index is 4.61. The predicted octanol–water partition coefficient (Wildman–Crippen LogP) is -0.226. The van der Waals surface area contributed by atoms with E-state index in [1.165, 1.54) is 0 Å². The summed E-state index contributed by atoms with van der Waals surface area (Å²) in [4.78, 5) is 33.2. The van der Waals surface area contributed by atoms with Crippen molar-refractivity contribution < 1.29 is 33.4 Å². The number of carbonyl (C=O) groups excluding carboxylic acids is 1. The van der Waals surface area contributed by atoms with Crippen LogP contribution >= 0.6 is 0 Å². The lowest BCUT2D eigenvalue weighted by molar-refractivity contribution is -0.140. The molecule has 7 nitrogen and oxygen atoms in total. The first-order valence-corrected chi connectivity index (χ1v) is 4.45. The minimum Gasteiger partial charge on any atom is -0.480 e. The average Bonchev–Trinajstić information content (AvgIpc) is 2.12. The number of rotatable bonds is 6. The van der Waals surface area contributed by atoms with E-state index < -0.39 is 44.0 Å². The molecule has 2 amide bonds. The zero-order valence-corrected chi connectivity index (χ0v) is 8.97. The Morgan fingerprint density at radius 3 is 1.82 bits per heavy atom. The number of hydrogen-bond donors (Lipinski definition) is 2. The van der Waals surface area contributed by atoms with Crippen molar-refractivity contribution in [3.63, 3.8) is 0 Å². The number of carbonyl (C=O) groups is 3. The Hall–Kier alpha value is -1.93. The van der Waals surface area contributed by atoms with E-state index in [2.05, 4.69) is 0 Å². The number of hydrogen-bond acceptors (Lipinski definition) is 3. The second-order valence-electron chi connectivity index (χ2n) is 3.20. The molecule has 17 heavy (non-hydrogen) atoms. The van der Waals surface area contributed by atoms with E-state index in [0.717, 1.165) is 7.05 Å². The highest BCUT2D eigenvalue weighted by Crippen LogP contribution is 2.01. The number of carboxylic acid groups (broad SMARTS) is 2. The SMILES string of the molecule is CN(CC(F)F)C(=O)N(CC(=O)O)CC(=O)O. The Kier molecular flexibility index (Phi) is 5.86. The van der Waals surface area contributed by atoms with Crippen LogP contribution in [0.4, 0.5) is 13.6 Å². The van der Waals surface area contributed by atoms with Crippen molar-refractivity contribution in [3.8, 4) is 0 Å². The van der Waals surface area contributed by atoms with Gasteiger partial charge in [-0.3, -0.25) is 9.59 Å². The Bertz CT molecular complexity index is 294. The minimum absolute atomic E-state index is 0.451. The molecule has 0 unspecified atom stereocenters. The summed E-state index contributed by atoms with van der Waals surface area (Å²) < 4.78 is 24.0. The number of alkyl halides is 2. The van der Waals surface area contributed by atoms with Crippen LogP contribution in [-0.2, 0) is 9.59 Å². The smallest absolute Gasteiger partial charge is 0.323 e. The van der Waals surface area contributed by atoms with E-state index >= 15 is 0 Å². The monoisotopic (exact) mass is 254 g/mol. The second kappa shape index (κ2) is 6.61. The molecule has 0 atom stereocenters. The molecule has 0 heterocycles. The minimum atomic E-state index is -2.78. The summed E-state index contributed by atoms with van der Waals surface area (Å²) >= 11 is 0. The summed E-state index contributed by atoms with van der Waals surface area (Å²) in [6.07, 6.45) is -2.78. The van der Waals surface area contributed by atoms with Gasteiger partial charge in [-0.1, -0.05) is 0 Å².